The summed E-state index contributed by atoms with van der Waals surface area (Å²) in [6.07, 6.45) is 0.470. The van der Waals surface area contributed by atoms with Crippen LogP contribution in [0.4, 0.5) is 14.9 Å². The van der Waals surface area contributed by atoms with Gasteiger partial charge in [-0.15, -0.1) is 0 Å². The predicted octanol–water partition coefficient (Wildman–Crippen LogP) is 3.79. The lowest BCUT2D eigenvalue weighted by Gasteiger charge is -2.20. The fourth-order valence-electron chi connectivity index (χ4n) is 1.45. The molecule has 0 aliphatic rings. The second kappa shape index (κ2) is 7.40. The molecule has 0 atom stereocenters. The number of carbonyl (C=O) groups is 2. The number of esters is 1. The lowest BCUT2D eigenvalue weighted by atomic mass is 10.2. The maximum absolute atomic E-state index is 13.9. The highest BCUT2D eigenvalue weighted by Gasteiger charge is 2.25. The van der Waals surface area contributed by atoms with E-state index in [-0.39, 0.29) is 17.4 Å². The fraction of sp³-hybridized carbons (Fsp3) is 0.500. The Balaban J connectivity index is 3.10. The SMILES string of the molecule is CCCOC(=O)c1c(F)cnc(Cl)c1NC(=O)OC(C)(C)C. The molecule has 122 valence electrons. The fourth-order valence-corrected chi connectivity index (χ4v) is 1.64. The number of rotatable bonds is 4. The topological polar surface area (TPSA) is 77.5 Å². The summed E-state index contributed by atoms with van der Waals surface area (Å²) in [7, 11) is 0. The van der Waals surface area contributed by atoms with Gasteiger partial charge >= 0.3 is 12.1 Å². The molecule has 0 aliphatic carbocycles. The molecule has 1 rings (SSSR count). The number of nitrogens with zero attached hydrogens (tertiary/aromatic N) is 1. The normalized spacial score (nSPS) is 11.0. The van der Waals surface area contributed by atoms with E-state index in [4.69, 9.17) is 21.1 Å². The van der Waals surface area contributed by atoms with Gasteiger partial charge in [-0.1, -0.05) is 18.5 Å². The summed E-state index contributed by atoms with van der Waals surface area (Å²) in [4.78, 5) is 27.3. The molecule has 0 aliphatic heterocycles. The largest absolute Gasteiger partial charge is 0.462 e. The molecule has 0 saturated heterocycles. The van der Waals surface area contributed by atoms with E-state index in [1.165, 1.54) is 0 Å². The van der Waals surface area contributed by atoms with E-state index in [0.717, 1.165) is 6.20 Å². The molecule has 1 amide bonds. The number of aromatic nitrogens is 1. The maximum Gasteiger partial charge on any atom is 0.412 e. The van der Waals surface area contributed by atoms with Crippen LogP contribution in [0.1, 0.15) is 44.5 Å². The lowest BCUT2D eigenvalue weighted by Crippen LogP contribution is -2.28. The van der Waals surface area contributed by atoms with Gasteiger partial charge in [0.05, 0.1) is 18.5 Å². The third-order valence-electron chi connectivity index (χ3n) is 2.25. The van der Waals surface area contributed by atoms with Crippen molar-refractivity contribution in [2.24, 2.45) is 0 Å². The monoisotopic (exact) mass is 332 g/mol. The minimum absolute atomic E-state index is 0.115. The Kier molecular flexibility index (Phi) is 6.11. The van der Waals surface area contributed by atoms with Crippen molar-refractivity contribution in [2.45, 2.75) is 39.7 Å². The Bertz CT molecular complexity index is 573. The summed E-state index contributed by atoms with van der Waals surface area (Å²) in [6.45, 7) is 6.89. The highest BCUT2D eigenvalue weighted by atomic mass is 35.5. The summed E-state index contributed by atoms with van der Waals surface area (Å²) in [5, 5.41) is 2.00. The minimum atomic E-state index is -0.948. The number of amides is 1. The second-order valence-electron chi connectivity index (χ2n) is 5.41. The molecule has 1 N–H and O–H groups in total. The Morgan fingerprint density at radius 2 is 2.05 bits per heavy atom. The number of carbonyl (C=O) groups excluding carboxylic acids is 2. The standard InChI is InChI=1S/C14H18ClFN2O4/c1-5-6-21-12(19)9-8(16)7-17-11(15)10(9)18-13(20)22-14(2,3)4/h7H,5-6H2,1-4H3,(H,18,20). The van der Waals surface area contributed by atoms with E-state index in [1.807, 2.05) is 0 Å². The van der Waals surface area contributed by atoms with E-state index in [2.05, 4.69) is 10.3 Å². The first-order valence-electron chi connectivity index (χ1n) is 6.66. The van der Waals surface area contributed by atoms with Crippen LogP contribution < -0.4 is 5.32 Å². The van der Waals surface area contributed by atoms with Crippen LogP contribution in [0.2, 0.25) is 5.15 Å². The van der Waals surface area contributed by atoms with E-state index in [0.29, 0.717) is 6.42 Å². The Morgan fingerprint density at radius 1 is 1.41 bits per heavy atom. The molecule has 0 fully saturated rings. The molecule has 0 saturated carbocycles. The summed E-state index contributed by atoms with van der Waals surface area (Å²) >= 11 is 5.84. The van der Waals surface area contributed by atoms with Crippen LogP contribution >= 0.6 is 11.6 Å². The van der Waals surface area contributed by atoms with Gasteiger partial charge in [0.1, 0.15) is 11.2 Å². The predicted molar refractivity (Wildman–Crippen MR) is 79.6 cm³/mol. The van der Waals surface area contributed by atoms with E-state index in [9.17, 15) is 14.0 Å². The van der Waals surface area contributed by atoms with E-state index < -0.39 is 29.0 Å². The molecular weight excluding hydrogens is 315 g/mol. The third-order valence-corrected chi connectivity index (χ3v) is 2.54. The van der Waals surface area contributed by atoms with Crippen molar-refractivity contribution in [1.82, 2.24) is 4.98 Å². The molecule has 1 heterocycles. The van der Waals surface area contributed by atoms with Gasteiger partial charge in [0.15, 0.2) is 11.0 Å². The Hall–Kier alpha value is -1.89. The number of ether oxygens (including phenoxy) is 2. The van der Waals surface area contributed by atoms with Gasteiger partial charge in [-0.3, -0.25) is 5.32 Å². The van der Waals surface area contributed by atoms with Crippen LogP contribution in [-0.4, -0.2) is 29.3 Å². The van der Waals surface area contributed by atoms with Gasteiger partial charge in [-0.05, 0) is 27.2 Å². The zero-order valence-electron chi connectivity index (χ0n) is 12.8. The molecular formula is C14H18ClFN2O4. The van der Waals surface area contributed by atoms with Crippen LogP contribution in [0.25, 0.3) is 0 Å². The molecule has 0 bridgehead atoms. The molecule has 0 spiro atoms. The van der Waals surface area contributed by atoms with Crippen molar-refractivity contribution < 1.29 is 23.5 Å². The van der Waals surface area contributed by atoms with Gasteiger partial charge in [-0.2, -0.15) is 0 Å². The minimum Gasteiger partial charge on any atom is -0.462 e. The first kappa shape index (κ1) is 18.2. The molecule has 1 aromatic rings. The quantitative estimate of drug-likeness (QED) is 0.670. The van der Waals surface area contributed by atoms with Crippen molar-refractivity contribution in [2.75, 3.05) is 11.9 Å². The molecule has 0 radical (unpaired) electrons. The third kappa shape index (κ3) is 5.14. The summed E-state index contributed by atoms with van der Waals surface area (Å²) in [5.41, 5.74) is -1.53. The Morgan fingerprint density at radius 3 is 2.59 bits per heavy atom. The highest BCUT2D eigenvalue weighted by molar-refractivity contribution is 6.33. The average Bonchev–Trinajstić information content (AvgIpc) is 2.38. The van der Waals surface area contributed by atoms with Crippen molar-refractivity contribution in [3.05, 3.63) is 22.7 Å². The van der Waals surface area contributed by atoms with Crippen LogP contribution in [0.5, 0.6) is 0 Å². The number of nitrogens with one attached hydrogen (secondary N) is 1. The van der Waals surface area contributed by atoms with Gasteiger partial charge in [0.25, 0.3) is 0 Å². The number of hydrogen-bond acceptors (Lipinski definition) is 5. The number of hydrogen-bond donors (Lipinski definition) is 1. The van der Waals surface area contributed by atoms with Crippen LogP contribution in [0.3, 0.4) is 0 Å². The van der Waals surface area contributed by atoms with E-state index in [1.54, 1.807) is 27.7 Å². The molecule has 0 aromatic carbocycles. The highest BCUT2D eigenvalue weighted by Crippen LogP contribution is 2.27. The zero-order chi connectivity index (χ0) is 16.9. The van der Waals surface area contributed by atoms with Crippen LogP contribution in [-0.2, 0) is 9.47 Å². The van der Waals surface area contributed by atoms with Crippen molar-refractivity contribution in [1.29, 1.82) is 0 Å². The van der Waals surface area contributed by atoms with Gasteiger partial charge in [0.2, 0.25) is 0 Å². The smallest absolute Gasteiger partial charge is 0.412 e. The summed E-state index contributed by atoms with van der Waals surface area (Å²) in [6, 6.07) is 0. The number of pyridine rings is 1. The summed E-state index contributed by atoms with van der Waals surface area (Å²) < 4.78 is 23.8. The average molecular weight is 333 g/mol. The molecule has 8 heteroatoms. The molecule has 6 nitrogen and oxygen atoms in total. The lowest BCUT2D eigenvalue weighted by molar-refractivity contribution is 0.0501. The molecule has 1 aromatic heterocycles. The van der Waals surface area contributed by atoms with Crippen molar-refractivity contribution in [3.8, 4) is 0 Å². The second-order valence-corrected chi connectivity index (χ2v) is 5.77. The maximum atomic E-state index is 13.9. The first-order valence-corrected chi connectivity index (χ1v) is 7.04. The zero-order valence-corrected chi connectivity index (χ0v) is 13.6. The molecule has 0 unspecified atom stereocenters. The number of halogens is 2. The first-order chi connectivity index (χ1) is 10.2. The Labute approximate surface area is 133 Å². The number of anilines is 1. The summed E-state index contributed by atoms with van der Waals surface area (Å²) in [5.74, 6) is -1.88. The van der Waals surface area contributed by atoms with Gasteiger partial charge in [0, 0.05) is 0 Å². The van der Waals surface area contributed by atoms with Gasteiger partial charge in [-0.25, -0.2) is 19.0 Å². The van der Waals surface area contributed by atoms with E-state index >= 15 is 0 Å². The van der Waals surface area contributed by atoms with Crippen LogP contribution in [0.15, 0.2) is 6.20 Å². The van der Waals surface area contributed by atoms with Crippen molar-refractivity contribution >= 4 is 29.4 Å². The van der Waals surface area contributed by atoms with Crippen LogP contribution in [0, 0.1) is 5.82 Å². The van der Waals surface area contributed by atoms with Gasteiger partial charge < -0.3 is 9.47 Å². The van der Waals surface area contributed by atoms with Crippen molar-refractivity contribution in [3.63, 3.8) is 0 Å². The molecule has 22 heavy (non-hydrogen) atoms.